The molecule has 0 spiro atoms. The van der Waals surface area contributed by atoms with Gasteiger partial charge < -0.3 is 25.4 Å². The molecule has 1 aromatic heterocycles. The van der Waals surface area contributed by atoms with Crippen LogP contribution < -0.4 is 31.9 Å². The molecule has 6 rings (SSSR count). The van der Waals surface area contributed by atoms with E-state index in [1.807, 2.05) is 47.0 Å². The summed E-state index contributed by atoms with van der Waals surface area (Å²) >= 11 is 0. The van der Waals surface area contributed by atoms with Crippen molar-refractivity contribution in [3.05, 3.63) is 88.3 Å². The first kappa shape index (κ1) is 28.2. The molecule has 218 valence electrons. The number of fused-ring (bicyclic) bond motifs is 2. The number of aryl methyl sites for hydroxylation is 1. The van der Waals surface area contributed by atoms with Crippen molar-refractivity contribution in [2.24, 2.45) is 16.8 Å². The molecule has 11 heteroatoms. The van der Waals surface area contributed by atoms with Crippen LogP contribution in [0.5, 0.6) is 11.5 Å². The van der Waals surface area contributed by atoms with Gasteiger partial charge in [0, 0.05) is 33.7 Å². The second-order valence-corrected chi connectivity index (χ2v) is 10.1. The van der Waals surface area contributed by atoms with E-state index in [0.717, 1.165) is 55.2 Å². The Hall–Kier alpha value is -4.32. The lowest BCUT2D eigenvalue weighted by molar-refractivity contribution is 0.164. The first-order chi connectivity index (χ1) is 20.0. The van der Waals surface area contributed by atoms with Crippen LogP contribution >= 0.6 is 0 Å². The molecule has 2 aliphatic rings. The number of nitrogens with one attached hydrogen (secondary N) is 1. The SMILES string of the molecule is CO.Cc1ccc(C(/C(=N/N)N(N)c2ccc3c(c2)OCCO3)N2CCC(n3c(=O)[nH]c4ccccc43)CC2)cc1.[HH]. The molecule has 1 saturated heterocycles. The molecule has 0 aliphatic carbocycles. The van der Waals surface area contributed by atoms with E-state index in [9.17, 15) is 4.79 Å². The Kier molecular flexibility index (Phi) is 8.58. The summed E-state index contributed by atoms with van der Waals surface area (Å²) in [7, 11) is 1.00. The van der Waals surface area contributed by atoms with Crippen LogP contribution in [-0.4, -0.2) is 58.8 Å². The van der Waals surface area contributed by atoms with E-state index >= 15 is 0 Å². The van der Waals surface area contributed by atoms with E-state index in [2.05, 4.69) is 46.2 Å². The van der Waals surface area contributed by atoms with Gasteiger partial charge in [-0.3, -0.25) is 14.5 Å². The maximum atomic E-state index is 12.8. The maximum absolute atomic E-state index is 12.8. The minimum absolute atomic E-state index is 0. The van der Waals surface area contributed by atoms with Gasteiger partial charge in [0.05, 0.1) is 22.8 Å². The van der Waals surface area contributed by atoms with Crippen LogP contribution in [0.2, 0.25) is 0 Å². The van der Waals surface area contributed by atoms with Gasteiger partial charge in [0.15, 0.2) is 17.3 Å². The summed E-state index contributed by atoms with van der Waals surface area (Å²) < 4.78 is 13.3. The molecule has 2 aliphatic heterocycles. The Labute approximate surface area is 240 Å². The summed E-state index contributed by atoms with van der Waals surface area (Å²) in [4.78, 5) is 18.2. The lowest BCUT2D eigenvalue weighted by Crippen LogP contribution is -2.49. The lowest BCUT2D eigenvalue weighted by Gasteiger charge is -2.40. The number of hydrazone groups is 1. The van der Waals surface area contributed by atoms with Gasteiger partial charge in [-0.05, 0) is 49.6 Å². The minimum atomic E-state index is -0.283. The zero-order valence-corrected chi connectivity index (χ0v) is 23.4. The number of hydrogen-bond acceptors (Lipinski definition) is 8. The predicted octanol–water partition coefficient (Wildman–Crippen LogP) is 3.29. The molecule has 11 nitrogen and oxygen atoms in total. The normalized spacial score (nSPS) is 16.6. The number of hydrazine groups is 1. The molecule has 0 saturated carbocycles. The number of aliphatic hydroxyl groups excluding tert-OH is 1. The van der Waals surface area contributed by atoms with Crippen LogP contribution in [0.25, 0.3) is 11.0 Å². The molecule has 6 N–H and O–H groups in total. The number of rotatable bonds is 5. The number of anilines is 1. The number of nitrogens with two attached hydrogens (primary N) is 2. The first-order valence-electron chi connectivity index (χ1n) is 13.7. The molecule has 4 aromatic rings. The van der Waals surface area contributed by atoms with Gasteiger partial charge in [-0.1, -0.05) is 42.0 Å². The molecule has 1 fully saturated rings. The van der Waals surface area contributed by atoms with E-state index in [-0.39, 0.29) is 19.2 Å². The Balaban J connectivity index is 0.00000132. The summed E-state index contributed by atoms with van der Waals surface area (Å²) in [5, 5.41) is 12.7. The smallest absolute Gasteiger partial charge is 0.326 e. The Morgan fingerprint density at radius 2 is 1.73 bits per heavy atom. The molecule has 41 heavy (non-hydrogen) atoms. The number of imidazole rings is 1. The van der Waals surface area contributed by atoms with E-state index < -0.39 is 0 Å². The van der Waals surface area contributed by atoms with E-state index in [4.69, 9.17) is 26.3 Å². The van der Waals surface area contributed by atoms with Crippen molar-refractivity contribution >= 4 is 22.6 Å². The number of ether oxygens (including phenoxy) is 2. The van der Waals surface area contributed by atoms with E-state index in [0.29, 0.717) is 36.2 Å². The third-order valence-electron chi connectivity index (χ3n) is 7.67. The standard InChI is InChI=1S/C29H33N7O3.CH4O.H2/c1-19-6-8-20(9-7-19)27(28(33-30)36(31)22-10-11-25-26(18-22)39-17-16-38-25)34-14-12-21(13-15-34)35-24-5-3-2-4-23(24)32-29(35)37;1-2;/h2-11,18,21,27H,12-17,30-31H2,1H3,(H,32,37);2H,1H3;1H/b33-28-;;. The highest BCUT2D eigenvalue weighted by Crippen LogP contribution is 2.36. The lowest BCUT2D eigenvalue weighted by atomic mass is 9.97. The zero-order chi connectivity index (χ0) is 28.9. The van der Waals surface area contributed by atoms with Crippen LogP contribution in [0.15, 0.2) is 76.6 Å². The van der Waals surface area contributed by atoms with Gasteiger partial charge in [-0.25, -0.2) is 10.6 Å². The molecule has 0 radical (unpaired) electrons. The number of para-hydroxylation sites is 2. The fourth-order valence-corrected chi connectivity index (χ4v) is 5.69. The highest BCUT2D eigenvalue weighted by Gasteiger charge is 2.34. The van der Waals surface area contributed by atoms with Crippen molar-refractivity contribution in [2.45, 2.75) is 31.8 Å². The average molecular weight is 562 g/mol. The van der Waals surface area contributed by atoms with Crippen molar-refractivity contribution in [3.8, 4) is 11.5 Å². The highest BCUT2D eigenvalue weighted by atomic mass is 16.6. The number of aliphatic hydroxyl groups is 1. The van der Waals surface area contributed by atoms with Crippen molar-refractivity contribution in [1.29, 1.82) is 0 Å². The fourth-order valence-electron chi connectivity index (χ4n) is 5.69. The molecular weight excluding hydrogens is 522 g/mol. The Bertz CT molecular complexity index is 1560. The first-order valence-corrected chi connectivity index (χ1v) is 13.7. The van der Waals surface area contributed by atoms with Gasteiger partial charge >= 0.3 is 5.69 Å². The van der Waals surface area contributed by atoms with Crippen LogP contribution in [0, 0.1) is 6.92 Å². The summed E-state index contributed by atoms with van der Waals surface area (Å²) in [6, 6.07) is 21.6. The molecule has 3 aromatic carbocycles. The number of benzene rings is 3. The van der Waals surface area contributed by atoms with Crippen molar-refractivity contribution in [2.75, 3.05) is 38.4 Å². The van der Waals surface area contributed by atoms with Gasteiger partial charge in [0.2, 0.25) is 0 Å². The summed E-state index contributed by atoms with van der Waals surface area (Å²) in [5.41, 5.74) is 4.63. The molecular formula is C30H39N7O4. The van der Waals surface area contributed by atoms with Gasteiger partial charge in [-0.15, -0.1) is 0 Å². The summed E-state index contributed by atoms with van der Waals surface area (Å²) in [6.45, 7) is 4.54. The van der Waals surface area contributed by atoms with E-state index in [1.165, 1.54) is 5.01 Å². The van der Waals surface area contributed by atoms with Gasteiger partial charge in [-0.2, -0.15) is 5.10 Å². The van der Waals surface area contributed by atoms with Crippen LogP contribution in [0.1, 0.15) is 37.5 Å². The Morgan fingerprint density at radius 3 is 2.44 bits per heavy atom. The molecule has 0 amide bonds. The number of nitrogens with zero attached hydrogens (tertiary/aromatic N) is 4. The number of hydrogen-bond donors (Lipinski definition) is 4. The van der Waals surface area contributed by atoms with E-state index in [1.54, 1.807) is 0 Å². The third-order valence-corrected chi connectivity index (χ3v) is 7.67. The monoisotopic (exact) mass is 561 g/mol. The Morgan fingerprint density at radius 1 is 1.05 bits per heavy atom. The summed E-state index contributed by atoms with van der Waals surface area (Å²) in [5.74, 6) is 14.6. The van der Waals surface area contributed by atoms with Crippen LogP contribution in [0.4, 0.5) is 5.69 Å². The largest absolute Gasteiger partial charge is 0.486 e. The van der Waals surface area contributed by atoms with Crippen molar-refractivity contribution in [1.82, 2.24) is 14.5 Å². The molecule has 3 heterocycles. The van der Waals surface area contributed by atoms with Gasteiger partial charge in [0.1, 0.15) is 13.2 Å². The second kappa shape index (κ2) is 12.5. The molecule has 1 unspecified atom stereocenters. The number of aromatic nitrogens is 2. The van der Waals surface area contributed by atoms with Crippen LogP contribution in [-0.2, 0) is 0 Å². The molecule has 1 atom stereocenters. The highest BCUT2D eigenvalue weighted by molar-refractivity contribution is 6.01. The fraction of sp³-hybridized carbons (Fsp3) is 0.333. The number of amidine groups is 1. The van der Waals surface area contributed by atoms with Crippen LogP contribution in [0.3, 0.4) is 0 Å². The van der Waals surface area contributed by atoms with Gasteiger partial charge in [0.25, 0.3) is 0 Å². The minimum Gasteiger partial charge on any atom is -0.486 e. The predicted molar refractivity (Wildman–Crippen MR) is 162 cm³/mol. The van der Waals surface area contributed by atoms with Crippen molar-refractivity contribution in [3.63, 3.8) is 0 Å². The number of H-pyrrole nitrogens is 1. The quantitative estimate of drug-likeness (QED) is 0.126. The second-order valence-electron chi connectivity index (χ2n) is 10.1. The zero-order valence-electron chi connectivity index (χ0n) is 23.4. The maximum Gasteiger partial charge on any atom is 0.326 e. The average Bonchev–Trinajstić information content (AvgIpc) is 3.36. The van der Waals surface area contributed by atoms with Crippen molar-refractivity contribution < 1.29 is 16.0 Å². The topological polar surface area (TPSA) is 147 Å². The number of piperidine rings is 1. The number of likely N-dealkylation sites (tertiary alicyclic amines) is 1. The third kappa shape index (κ3) is 5.64. The molecule has 0 bridgehead atoms. The summed E-state index contributed by atoms with van der Waals surface area (Å²) in [6.07, 6.45) is 1.60. The number of aromatic amines is 1.